The van der Waals surface area contributed by atoms with Crippen molar-refractivity contribution in [1.29, 1.82) is 0 Å². The minimum Gasteiger partial charge on any atom is -0.282 e. The zero-order chi connectivity index (χ0) is 11.1. The van der Waals surface area contributed by atoms with E-state index in [4.69, 9.17) is 0 Å². The molecule has 0 unspecified atom stereocenters. The molecule has 1 aromatic rings. The maximum absolute atomic E-state index is 11.7. The second-order valence-electron chi connectivity index (χ2n) is 3.83. The van der Waals surface area contributed by atoms with Gasteiger partial charge < -0.3 is 0 Å². The molecule has 0 spiro atoms. The van der Waals surface area contributed by atoms with Crippen molar-refractivity contribution in [2.75, 3.05) is 4.72 Å². The molecule has 0 bridgehead atoms. The topological polar surface area (TPSA) is 46.2 Å². The Balaban J connectivity index is 2.24. The van der Waals surface area contributed by atoms with Gasteiger partial charge in [0.2, 0.25) is 10.0 Å². The molecule has 82 valence electrons. The fourth-order valence-corrected chi connectivity index (χ4v) is 3.45. The lowest BCUT2D eigenvalue weighted by molar-refractivity contribution is 0.600. The number of anilines is 1. The summed E-state index contributed by atoms with van der Waals surface area (Å²) in [6.45, 7) is 1.96. The van der Waals surface area contributed by atoms with Crippen molar-refractivity contribution in [3.63, 3.8) is 0 Å². The summed E-state index contributed by atoms with van der Waals surface area (Å²) in [5, 5.41) is -0.189. The van der Waals surface area contributed by atoms with Gasteiger partial charge in [0.1, 0.15) is 0 Å². The van der Waals surface area contributed by atoms with Crippen molar-refractivity contribution in [2.24, 2.45) is 0 Å². The van der Waals surface area contributed by atoms with Crippen LogP contribution in [0, 0.1) is 6.92 Å². The summed E-state index contributed by atoms with van der Waals surface area (Å²) in [7, 11) is -3.16. The summed E-state index contributed by atoms with van der Waals surface area (Å²) < 4.78 is 26.7. The first kappa shape index (κ1) is 11.0. The van der Waals surface area contributed by atoms with Gasteiger partial charge in [-0.2, -0.15) is 0 Å². The highest BCUT2D eigenvalue weighted by molar-refractivity contribution is 9.10. The van der Waals surface area contributed by atoms with E-state index in [1.807, 2.05) is 19.1 Å². The number of nitrogens with one attached hydrogen (secondary N) is 1. The van der Waals surface area contributed by atoms with Crippen molar-refractivity contribution >= 4 is 31.6 Å². The summed E-state index contributed by atoms with van der Waals surface area (Å²) in [5.74, 6) is 0. The highest BCUT2D eigenvalue weighted by Gasteiger charge is 2.35. The van der Waals surface area contributed by atoms with Crippen LogP contribution in [0.1, 0.15) is 18.4 Å². The summed E-state index contributed by atoms with van der Waals surface area (Å²) in [6.07, 6.45) is 1.55. The zero-order valence-corrected chi connectivity index (χ0v) is 10.7. The summed E-state index contributed by atoms with van der Waals surface area (Å²) in [6, 6.07) is 5.56. The first-order valence-electron chi connectivity index (χ1n) is 4.77. The monoisotopic (exact) mass is 289 g/mol. The SMILES string of the molecule is Cc1ccc(NS(=O)(=O)C2CC2)c(Br)c1. The fraction of sp³-hybridized carbons (Fsp3) is 0.400. The predicted octanol–water partition coefficient (Wildman–Crippen LogP) is 2.66. The summed E-state index contributed by atoms with van der Waals surface area (Å²) in [4.78, 5) is 0. The Hall–Kier alpha value is -0.550. The molecule has 1 aliphatic carbocycles. The molecule has 0 aliphatic heterocycles. The van der Waals surface area contributed by atoms with E-state index < -0.39 is 10.0 Å². The van der Waals surface area contributed by atoms with Crippen LogP contribution in [0.2, 0.25) is 0 Å². The number of sulfonamides is 1. The first-order chi connectivity index (χ1) is 6.99. The van der Waals surface area contributed by atoms with Crippen LogP contribution in [0.25, 0.3) is 0 Å². The van der Waals surface area contributed by atoms with Crippen LogP contribution in [0.5, 0.6) is 0 Å². The van der Waals surface area contributed by atoms with Crippen LogP contribution in [0.3, 0.4) is 0 Å². The molecule has 5 heteroatoms. The molecular weight excluding hydrogens is 278 g/mol. The third-order valence-corrected chi connectivity index (χ3v) is 4.85. The molecule has 0 amide bonds. The van der Waals surface area contributed by atoms with Gasteiger partial charge >= 0.3 is 0 Å². The lowest BCUT2D eigenvalue weighted by Crippen LogP contribution is -2.17. The van der Waals surface area contributed by atoms with Crippen molar-refractivity contribution in [3.8, 4) is 0 Å². The summed E-state index contributed by atoms with van der Waals surface area (Å²) in [5.41, 5.74) is 1.71. The van der Waals surface area contributed by atoms with E-state index in [0.717, 1.165) is 22.9 Å². The van der Waals surface area contributed by atoms with E-state index >= 15 is 0 Å². The first-order valence-corrected chi connectivity index (χ1v) is 7.11. The molecule has 0 heterocycles. The number of halogens is 1. The Bertz CT molecular complexity index is 480. The maximum Gasteiger partial charge on any atom is 0.235 e. The largest absolute Gasteiger partial charge is 0.282 e. The second kappa shape index (κ2) is 3.79. The minimum atomic E-state index is -3.16. The third-order valence-electron chi connectivity index (χ3n) is 2.34. The highest BCUT2D eigenvalue weighted by Crippen LogP contribution is 2.32. The number of aryl methyl sites for hydroxylation is 1. The Morgan fingerprint density at radius 1 is 1.40 bits per heavy atom. The van der Waals surface area contributed by atoms with Crippen LogP contribution in [-0.2, 0) is 10.0 Å². The molecule has 3 nitrogen and oxygen atoms in total. The smallest absolute Gasteiger partial charge is 0.235 e. The van der Waals surface area contributed by atoms with E-state index in [9.17, 15) is 8.42 Å². The minimum absolute atomic E-state index is 0.189. The van der Waals surface area contributed by atoms with Gasteiger partial charge in [-0.1, -0.05) is 6.07 Å². The van der Waals surface area contributed by atoms with Crippen LogP contribution in [0.15, 0.2) is 22.7 Å². The number of hydrogen-bond donors (Lipinski definition) is 1. The van der Waals surface area contributed by atoms with Crippen LogP contribution in [-0.4, -0.2) is 13.7 Å². The second-order valence-corrected chi connectivity index (χ2v) is 6.64. The van der Waals surface area contributed by atoms with Crippen LogP contribution < -0.4 is 4.72 Å². The molecule has 2 rings (SSSR count). The molecular formula is C10H12BrNO2S. The Kier molecular flexibility index (Phi) is 2.77. The van der Waals surface area contributed by atoms with Gasteiger partial charge in [-0.25, -0.2) is 8.42 Å². The molecule has 1 saturated carbocycles. The van der Waals surface area contributed by atoms with E-state index in [1.165, 1.54) is 0 Å². The average Bonchev–Trinajstić information content (AvgIpc) is 2.92. The van der Waals surface area contributed by atoms with Crippen molar-refractivity contribution in [3.05, 3.63) is 28.2 Å². The van der Waals surface area contributed by atoms with Gasteiger partial charge in [0.25, 0.3) is 0 Å². The number of hydrogen-bond acceptors (Lipinski definition) is 2. The normalized spacial score (nSPS) is 16.4. The van der Waals surface area contributed by atoms with Crippen LogP contribution >= 0.6 is 15.9 Å². The molecule has 1 fully saturated rings. The van der Waals surface area contributed by atoms with Gasteiger partial charge in [0.05, 0.1) is 10.9 Å². The molecule has 0 aromatic heterocycles. The molecule has 1 aromatic carbocycles. The van der Waals surface area contributed by atoms with E-state index in [1.54, 1.807) is 6.07 Å². The van der Waals surface area contributed by atoms with Gasteiger partial charge in [0.15, 0.2) is 0 Å². The zero-order valence-electron chi connectivity index (χ0n) is 8.33. The van der Waals surface area contributed by atoms with Crippen molar-refractivity contribution in [1.82, 2.24) is 0 Å². The van der Waals surface area contributed by atoms with Gasteiger partial charge in [-0.05, 0) is 53.4 Å². The lowest BCUT2D eigenvalue weighted by atomic mass is 10.2. The van der Waals surface area contributed by atoms with Crippen molar-refractivity contribution in [2.45, 2.75) is 25.0 Å². The number of rotatable bonds is 3. The van der Waals surface area contributed by atoms with E-state index in [-0.39, 0.29) is 5.25 Å². The quantitative estimate of drug-likeness (QED) is 0.930. The van der Waals surface area contributed by atoms with Gasteiger partial charge in [-0.15, -0.1) is 0 Å². The standard InChI is InChI=1S/C10H12BrNO2S/c1-7-2-5-10(9(11)6-7)12-15(13,14)8-3-4-8/h2,5-6,8,12H,3-4H2,1H3. The summed E-state index contributed by atoms with van der Waals surface area (Å²) >= 11 is 3.34. The molecule has 1 N–H and O–H groups in total. The highest BCUT2D eigenvalue weighted by atomic mass is 79.9. The van der Waals surface area contributed by atoms with E-state index in [0.29, 0.717) is 5.69 Å². The van der Waals surface area contributed by atoms with Gasteiger partial charge in [0, 0.05) is 4.47 Å². The Morgan fingerprint density at radius 2 is 2.07 bits per heavy atom. The van der Waals surface area contributed by atoms with Crippen LogP contribution in [0.4, 0.5) is 5.69 Å². The van der Waals surface area contributed by atoms with Crippen molar-refractivity contribution < 1.29 is 8.42 Å². The molecule has 1 aliphatic rings. The number of benzene rings is 1. The Labute approximate surface area is 98.1 Å². The molecule has 0 saturated heterocycles. The van der Waals surface area contributed by atoms with E-state index in [2.05, 4.69) is 20.7 Å². The lowest BCUT2D eigenvalue weighted by Gasteiger charge is -2.09. The fourth-order valence-electron chi connectivity index (χ4n) is 1.32. The molecule has 15 heavy (non-hydrogen) atoms. The Morgan fingerprint density at radius 3 is 2.60 bits per heavy atom. The molecule has 0 radical (unpaired) electrons. The third kappa shape index (κ3) is 2.52. The van der Waals surface area contributed by atoms with Gasteiger partial charge in [-0.3, -0.25) is 4.72 Å². The maximum atomic E-state index is 11.7. The predicted molar refractivity (Wildman–Crippen MR) is 64.4 cm³/mol. The molecule has 0 atom stereocenters. The average molecular weight is 290 g/mol.